The Bertz CT molecular complexity index is 1080. The molecule has 5 heteroatoms. The van der Waals surface area contributed by atoms with Gasteiger partial charge in [-0.15, -0.1) is 0 Å². The Balaban J connectivity index is 2.13. The van der Waals surface area contributed by atoms with Crippen LogP contribution in [0.3, 0.4) is 0 Å². The zero-order chi connectivity index (χ0) is 16.7. The second-order valence-electron chi connectivity index (χ2n) is 5.57. The topological polar surface area (TPSA) is 57.0 Å². The van der Waals surface area contributed by atoms with Gasteiger partial charge in [0.25, 0.3) is 0 Å². The van der Waals surface area contributed by atoms with Gasteiger partial charge in [-0.25, -0.2) is 9.97 Å². The Morgan fingerprint density at radius 2 is 1.96 bits per heavy atom. The number of carbonyl (C=O) groups is 1. The van der Waals surface area contributed by atoms with E-state index in [1.807, 2.05) is 43.4 Å². The van der Waals surface area contributed by atoms with Gasteiger partial charge in [0.2, 0.25) is 0 Å². The predicted octanol–water partition coefficient (Wildman–Crippen LogP) is 3.61. The van der Waals surface area contributed by atoms with Gasteiger partial charge in [0, 0.05) is 23.6 Å². The summed E-state index contributed by atoms with van der Waals surface area (Å²) in [5, 5.41) is 0.999. The van der Waals surface area contributed by atoms with E-state index in [0.717, 1.165) is 45.2 Å². The lowest BCUT2D eigenvalue weighted by atomic mass is 10.0. The van der Waals surface area contributed by atoms with E-state index in [9.17, 15) is 4.79 Å². The highest BCUT2D eigenvalue weighted by Crippen LogP contribution is 2.34. The molecule has 2 aromatic heterocycles. The lowest BCUT2D eigenvalue weighted by Gasteiger charge is -2.07. The van der Waals surface area contributed by atoms with E-state index < -0.39 is 0 Å². The van der Waals surface area contributed by atoms with Gasteiger partial charge in [0.15, 0.2) is 6.29 Å². The number of aromatic nitrogens is 3. The fourth-order valence-corrected chi connectivity index (χ4v) is 3.15. The van der Waals surface area contributed by atoms with Crippen molar-refractivity contribution in [1.82, 2.24) is 14.5 Å². The third-order valence-corrected chi connectivity index (χ3v) is 4.32. The first kappa shape index (κ1) is 14.4. The van der Waals surface area contributed by atoms with Crippen molar-refractivity contribution in [2.45, 2.75) is 0 Å². The van der Waals surface area contributed by atoms with E-state index in [1.165, 1.54) is 6.33 Å². The number of hydrogen-bond donors (Lipinski definition) is 0. The molecule has 0 aliphatic rings. The summed E-state index contributed by atoms with van der Waals surface area (Å²) in [6.07, 6.45) is 2.40. The summed E-state index contributed by atoms with van der Waals surface area (Å²) in [6, 6.07) is 13.4. The van der Waals surface area contributed by atoms with E-state index in [1.54, 1.807) is 13.2 Å². The second-order valence-corrected chi connectivity index (χ2v) is 5.57. The molecule has 0 radical (unpaired) electrons. The summed E-state index contributed by atoms with van der Waals surface area (Å²) in [5.74, 6) is 0.781. The Labute approximate surface area is 138 Å². The van der Waals surface area contributed by atoms with Crippen LogP contribution >= 0.6 is 0 Å². The number of nitrogens with zero attached hydrogens (tertiary/aromatic N) is 3. The van der Waals surface area contributed by atoms with Gasteiger partial charge in [-0.2, -0.15) is 0 Å². The van der Waals surface area contributed by atoms with Crippen molar-refractivity contribution in [3.63, 3.8) is 0 Å². The minimum atomic E-state index is 0.611. The highest BCUT2D eigenvalue weighted by Gasteiger charge is 2.17. The number of fused-ring (bicyclic) bond motifs is 3. The smallest absolute Gasteiger partial charge is 0.150 e. The molecular formula is C19H15N3O2. The third-order valence-electron chi connectivity index (χ3n) is 4.32. The van der Waals surface area contributed by atoms with Gasteiger partial charge in [0.1, 0.15) is 17.6 Å². The first-order chi connectivity index (χ1) is 11.7. The monoisotopic (exact) mass is 317 g/mol. The van der Waals surface area contributed by atoms with Crippen LogP contribution in [-0.4, -0.2) is 27.9 Å². The first-order valence-electron chi connectivity index (χ1n) is 7.56. The maximum Gasteiger partial charge on any atom is 0.150 e. The summed E-state index contributed by atoms with van der Waals surface area (Å²) < 4.78 is 7.39. The molecule has 24 heavy (non-hydrogen) atoms. The quantitative estimate of drug-likeness (QED) is 0.542. The van der Waals surface area contributed by atoms with Crippen molar-refractivity contribution in [2.75, 3.05) is 7.11 Å². The first-order valence-corrected chi connectivity index (χ1v) is 7.56. The average molecular weight is 317 g/mol. The Morgan fingerprint density at radius 3 is 2.75 bits per heavy atom. The minimum Gasteiger partial charge on any atom is -0.497 e. The highest BCUT2D eigenvalue weighted by atomic mass is 16.5. The Kier molecular flexibility index (Phi) is 3.27. The van der Waals surface area contributed by atoms with Crippen LogP contribution in [-0.2, 0) is 7.05 Å². The number of methoxy groups -OCH3 is 1. The lowest BCUT2D eigenvalue weighted by Crippen LogP contribution is -1.96. The van der Waals surface area contributed by atoms with E-state index in [2.05, 4.69) is 14.5 Å². The van der Waals surface area contributed by atoms with Crippen LogP contribution in [0.15, 0.2) is 48.8 Å². The molecule has 118 valence electrons. The maximum atomic E-state index is 11.4. The molecule has 0 aliphatic carbocycles. The van der Waals surface area contributed by atoms with Crippen LogP contribution in [0, 0.1) is 0 Å². The average Bonchev–Trinajstić information content (AvgIpc) is 2.94. The molecule has 4 aromatic rings. The predicted molar refractivity (Wildman–Crippen MR) is 93.4 cm³/mol. The second kappa shape index (κ2) is 5.45. The Hall–Kier alpha value is -3.21. The number of aryl methyl sites for hydroxylation is 1. The molecular weight excluding hydrogens is 302 g/mol. The molecule has 0 bridgehead atoms. The summed E-state index contributed by atoms with van der Waals surface area (Å²) >= 11 is 0. The van der Waals surface area contributed by atoms with Crippen LogP contribution < -0.4 is 4.74 Å². The van der Waals surface area contributed by atoms with Gasteiger partial charge in [-0.1, -0.05) is 24.3 Å². The highest BCUT2D eigenvalue weighted by molar-refractivity contribution is 6.10. The maximum absolute atomic E-state index is 11.4. The molecule has 0 saturated carbocycles. The zero-order valence-corrected chi connectivity index (χ0v) is 13.4. The van der Waals surface area contributed by atoms with Crippen molar-refractivity contribution in [3.8, 4) is 17.0 Å². The molecule has 5 nitrogen and oxygen atoms in total. The number of hydrogen-bond acceptors (Lipinski definition) is 4. The molecule has 2 aromatic carbocycles. The van der Waals surface area contributed by atoms with Crippen molar-refractivity contribution in [1.29, 1.82) is 0 Å². The SMILES string of the molecule is COc1ccc2c(c1)c1ncnc(-c3ccccc3C=O)c1n2C. The standard InChI is InChI=1S/C19H15N3O2/c1-22-16-8-7-13(24-2)9-15(16)18-19(22)17(20-11-21-18)14-6-4-3-5-12(14)10-23/h3-11H,1-2H3. The lowest BCUT2D eigenvalue weighted by molar-refractivity contribution is 0.112. The number of aldehydes is 1. The van der Waals surface area contributed by atoms with Crippen molar-refractivity contribution in [2.24, 2.45) is 7.05 Å². The van der Waals surface area contributed by atoms with Crippen molar-refractivity contribution < 1.29 is 9.53 Å². The summed E-state index contributed by atoms with van der Waals surface area (Å²) in [6.45, 7) is 0. The van der Waals surface area contributed by atoms with Crippen molar-refractivity contribution >= 4 is 28.2 Å². The zero-order valence-electron chi connectivity index (χ0n) is 13.4. The summed E-state index contributed by atoms with van der Waals surface area (Å²) in [4.78, 5) is 20.3. The molecule has 0 unspecified atom stereocenters. The molecule has 0 fully saturated rings. The van der Waals surface area contributed by atoms with Gasteiger partial charge in [-0.3, -0.25) is 4.79 Å². The third kappa shape index (κ3) is 1.98. The van der Waals surface area contributed by atoms with E-state index >= 15 is 0 Å². The van der Waals surface area contributed by atoms with E-state index in [0.29, 0.717) is 5.56 Å². The van der Waals surface area contributed by atoms with Gasteiger partial charge in [0.05, 0.1) is 23.8 Å². The summed E-state index contributed by atoms with van der Waals surface area (Å²) in [5.41, 5.74) is 4.95. The van der Waals surface area contributed by atoms with Crippen LogP contribution in [0.1, 0.15) is 10.4 Å². The molecule has 0 atom stereocenters. The fourth-order valence-electron chi connectivity index (χ4n) is 3.15. The Morgan fingerprint density at radius 1 is 1.12 bits per heavy atom. The molecule has 0 amide bonds. The van der Waals surface area contributed by atoms with Crippen LogP contribution in [0.5, 0.6) is 5.75 Å². The number of rotatable bonds is 3. The van der Waals surface area contributed by atoms with E-state index in [-0.39, 0.29) is 0 Å². The van der Waals surface area contributed by atoms with E-state index in [4.69, 9.17) is 4.74 Å². The molecule has 4 rings (SSSR count). The normalized spacial score (nSPS) is 11.1. The molecule has 0 spiro atoms. The van der Waals surface area contributed by atoms with Crippen molar-refractivity contribution in [3.05, 3.63) is 54.4 Å². The summed E-state index contributed by atoms with van der Waals surface area (Å²) in [7, 11) is 3.63. The largest absolute Gasteiger partial charge is 0.497 e. The molecule has 2 heterocycles. The van der Waals surface area contributed by atoms with Gasteiger partial charge < -0.3 is 9.30 Å². The number of benzene rings is 2. The molecule has 0 aliphatic heterocycles. The van der Waals surface area contributed by atoms with Gasteiger partial charge >= 0.3 is 0 Å². The fraction of sp³-hybridized carbons (Fsp3) is 0.105. The molecule has 0 saturated heterocycles. The molecule has 0 N–H and O–H groups in total. The van der Waals surface area contributed by atoms with Crippen LogP contribution in [0.4, 0.5) is 0 Å². The van der Waals surface area contributed by atoms with Crippen LogP contribution in [0.25, 0.3) is 33.2 Å². The minimum absolute atomic E-state index is 0.611. The van der Waals surface area contributed by atoms with Crippen LogP contribution in [0.2, 0.25) is 0 Å². The number of carbonyl (C=O) groups excluding carboxylic acids is 1. The number of ether oxygens (including phenoxy) is 1. The van der Waals surface area contributed by atoms with Gasteiger partial charge in [-0.05, 0) is 18.2 Å².